The van der Waals surface area contributed by atoms with Gasteiger partial charge in [0.25, 0.3) is 0 Å². The molecule has 3 heterocycles. The highest BCUT2D eigenvalue weighted by Crippen LogP contribution is 2.29. The van der Waals surface area contributed by atoms with Crippen molar-refractivity contribution in [2.45, 2.75) is 0 Å². The molecule has 1 aliphatic rings. The normalized spacial score (nSPS) is 15.2. The van der Waals surface area contributed by atoms with Crippen LogP contribution in [0.1, 0.15) is 0 Å². The van der Waals surface area contributed by atoms with Gasteiger partial charge >= 0.3 is 0 Å². The predicted molar refractivity (Wildman–Crippen MR) is 119 cm³/mol. The lowest BCUT2D eigenvalue weighted by atomic mass is 10.1. The van der Waals surface area contributed by atoms with Crippen LogP contribution >= 0.6 is 11.3 Å². The zero-order chi connectivity index (χ0) is 18.9. The van der Waals surface area contributed by atoms with Crippen molar-refractivity contribution in [1.82, 2.24) is 14.9 Å². The summed E-state index contributed by atoms with van der Waals surface area (Å²) in [4.78, 5) is 12.8. The highest BCUT2D eigenvalue weighted by molar-refractivity contribution is 7.14. The van der Waals surface area contributed by atoms with Gasteiger partial charge in [-0.15, -0.1) is 11.3 Å². The first kappa shape index (κ1) is 17.3. The van der Waals surface area contributed by atoms with Crippen LogP contribution in [0.4, 0.5) is 16.5 Å². The van der Waals surface area contributed by atoms with Crippen molar-refractivity contribution < 1.29 is 0 Å². The Hall–Kier alpha value is -2.83. The molecule has 0 atom stereocenters. The number of fused-ring (bicyclic) bond motifs is 1. The lowest BCUT2D eigenvalue weighted by Crippen LogP contribution is -2.44. The topological polar surface area (TPSA) is 47.2 Å². The Bertz CT molecular complexity index is 1070. The molecular formula is C22H23N5S. The average Bonchev–Trinajstić information content (AvgIpc) is 3.38. The molecule has 142 valence electrons. The number of H-pyrrole nitrogens is 1. The molecule has 28 heavy (non-hydrogen) atoms. The van der Waals surface area contributed by atoms with E-state index in [4.69, 9.17) is 4.98 Å². The second-order valence-electron chi connectivity index (χ2n) is 7.28. The number of likely N-dealkylation sites (N-methyl/N-ethyl adjacent to an activating group) is 1. The molecule has 2 aromatic heterocycles. The zero-order valence-corrected chi connectivity index (χ0v) is 16.7. The Morgan fingerprint density at radius 2 is 1.82 bits per heavy atom. The summed E-state index contributed by atoms with van der Waals surface area (Å²) in [7, 11) is 2.19. The summed E-state index contributed by atoms with van der Waals surface area (Å²) >= 11 is 1.63. The standard InChI is InChI=1S/C22H23N5S/c1-26-10-12-27(13-11-26)19-5-2-16(3-6-19)21-15-28-22(25-21)24-18-4-7-20-17(14-18)8-9-23-20/h2-9,14-15,23H,10-13H2,1H3,(H,24,25). The molecule has 0 saturated carbocycles. The Balaban J connectivity index is 1.30. The molecule has 0 unspecified atom stereocenters. The van der Waals surface area contributed by atoms with Crippen LogP contribution in [0.2, 0.25) is 0 Å². The van der Waals surface area contributed by atoms with Gasteiger partial charge in [0.1, 0.15) is 0 Å². The summed E-state index contributed by atoms with van der Waals surface area (Å²) in [5.41, 5.74) is 5.66. The summed E-state index contributed by atoms with van der Waals surface area (Å²) in [6.45, 7) is 4.42. The van der Waals surface area contributed by atoms with Crippen molar-refractivity contribution in [3.8, 4) is 11.3 Å². The second-order valence-corrected chi connectivity index (χ2v) is 8.14. The summed E-state index contributed by atoms with van der Waals surface area (Å²) in [6, 6.07) is 17.2. The van der Waals surface area contributed by atoms with Crippen molar-refractivity contribution >= 4 is 38.7 Å². The second kappa shape index (κ2) is 7.30. The van der Waals surface area contributed by atoms with E-state index in [1.54, 1.807) is 11.3 Å². The van der Waals surface area contributed by atoms with Gasteiger partial charge in [-0.3, -0.25) is 0 Å². The van der Waals surface area contributed by atoms with Crippen molar-refractivity contribution in [3.05, 3.63) is 60.1 Å². The van der Waals surface area contributed by atoms with E-state index < -0.39 is 0 Å². The Morgan fingerprint density at radius 3 is 2.64 bits per heavy atom. The first-order chi connectivity index (χ1) is 13.7. The number of aromatic amines is 1. The molecule has 0 aliphatic carbocycles. The molecule has 0 radical (unpaired) electrons. The van der Waals surface area contributed by atoms with E-state index in [9.17, 15) is 0 Å². The number of hydrogen-bond acceptors (Lipinski definition) is 5. The van der Waals surface area contributed by atoms with Crippen LogP contribution in [0.5, 0.6) is 0 Å². The molecule has 1 saturated heterocycles. The third-order valence-electron chi connectivity index (χ3n) is 5.34. The minimum atomic E-state index is 0.910. The van der Waals surface area contributed by atoms with Crippen LogP contribution in [-0.2, 0) is 0 Å². The molecule has 5 rings (SSSR count). The number of nitrogens with zero attached hydrogens (tertiary/aromatic N) is 3. The van der Waals surface area contributed by atoms with E-state index in [0.717, 1.165) is 53.8 Å². The SMILES string of the molecule is CN1CCN(c2ccc(-c3csc(Nc4ccc5[nH]ccc5c4)n3)cc2)CC1. The van der Waals surface area contributed by atoms with E-state index >= 15 is 0 Å². The van der Waals surface area contributed by atoms with E-state index in [1.807, 2.05) is 6.20 Å². The molecule has 1 aliphatic heterocycles. The Labute approximate surface area is 168 Å². The van der Waals surface area contributed by atoms with E-state index in [0.29, 0.717) is 0 Å². The molecular weight excluding hydrogens is 366 g/mol. The molecule has 0 bridgehead atoms. The maximum absolute atomic E-state index is 4.77. The minimum Gasteiger partial charge on any atom is -0.369 e. The van der Waals surface area contributed by atoms with Crippen LogP contribution in [0, 0.1) is 0 Å². The molecule has 4 aromatic rings. The van der Waals surface area contributed by atoms with Gasteiger partial charge in [0.15, 0.2) is 5.13 Å². The number of hydrogen-bond donors (Lipinski definition) is 2. The van der Waals surface area contributed by atoms with Crippen molar-refractivity contribution in [2.75, 3.05) is 43.4 Å². The van der Waals surface area contributed by atoms with Gasteiger partial charge in [-0.05, 0) is 43.4 Å². The van der Waals surface area contributed by atoms with Gasteiger partial charge in [-0.25, -0.2) is 4.98 Å². The Kier molecular flexibility index (Phi) is 4.50. The van der Waals surface area contributed by atoms with Crippen LogP contribution < -0.4 is 10.2 Å². The largest absolute Gasteiger partial charge is 0.369 e. The molecule has 0 spiro atoms. The molecule has 2 aromatic carbocycles. The predicted octanol–water partition coefficient (Wildman–Crippen LogP) is 4.79. The van der Waals surface area contributed by atoms with Crippen LogP contribution in [0.15, 0.2) is 60.1 Å². The third kappa shape index (κ3) is 3.48. The molecule has 0 amide bonds. The van der Waals surface area contributed by atoms with Crippen molar-refractivity contribution in [1.29, 1.82) is 0 Å². The highest BCUT2D eigenvalue weighted by atomic mass is 32.1. The third-order valence-corrected chi connectivity index (χ3v) is 6.10. The van der Waals surface area contributed by atoms with Gasteiger partial charge in [-0.2, -0.15) is 0 Å². The number of thiazole rings is 1. The maximum Gasteiger partial charge on any atom is 0.187 e. The van der Waals surface area contributed by atoms with Gasteiger partial charge in [0, 0.05) is 65.6 Å². The fourth-order valence-corrected chi connectivity index (χ4v) is 4.37. The lowest BCUT2D eigenvalue weighted by Gasteiger charge is -2.34. The lowest BCUT2D eigenvalue weighted by molar-refractivity contribution is 0.313. The number of rotatable bonds is 4. The van der Waals surface area contributed by atoms with E-state index in [1.165, 1.54) is 11.1 Å². The molecule has 2 N–H and O–H groups in total. The number of nitrogens with one attached hydrogen (secondary N) is 2. The van der Waals surface area contributed by atoms with Gasteiger partial charge in [0.2, 0.25) is 0 Å². The molecule has 6 heteroatoms. The monoisotopic (exact) mass is 389 g/mol. The van der Waals surface area contributed by atoms with Gasteiger partial charge in [-0.1, -0.05) is 12.1 Å². The smallest absolute Gasteiger partial charge is 0.187 e. The summed E-state index contributed by atoms with van der Waals surface area (Å²) in [5.74, 6) is 0. The van der Waals surface area contributed by atoms with Crippen LogP contribution in [-0.4, -0.2) is 48.1 Å². The minimum absolute atomic E-state index is 0.910. The number of piperazine rings is 1. The summed E-state index contributed by atoms with van der Waals surface area (Å²) in [6.07, 6.45) is 1.96. The first-order valence-corrected chi connectivity index (χ1v) is 10.5. The summed E-state index contributed by atoms with van der Waals surface area (Å²) in [5, 5.41) is 7.64. The number of aromatic nitrogens is 2. The maximum atomic E-state index is 4.77. The summed E-state index contributed by atoms with van der Waals surface area (Å²) < 4.78 is 0. The fraction of sp³-hybridized carbons (Fsp3) is 0.227. The molecule has 5 nitrogen and oxygen atoms in total. The van der Waals surface area contributed by atoms with E-state index in [2.05, 4.69) is 81.1 Å². The fourth-order valence-electron chi connectivity index (χ4n) is 3.63. The number of benzene rings is 2. The highest BCUT2D eigenvalue weighted by Gasteiger charge is 2.14. The van der Waals surface area contributed by atoms with Crippen molar-refractivity contribution in [3.63, 3.8) is 0 Å². The van der Waals surface area contributed by atoms with Crippen LogP contribution in [0.25, 0.3) is 22.2 Å². The van der Waals surface area contributed by atoms with Crippen LogP contribution in [0.3, 0.4) is 0 Å². The van der Waals surface area contributed by atoms with Gasteiger partial charge < -0.3 is 20.1 Å². The van der Waals surface area contributed by atoms with Gasteiger partial charge in [0.05, 0.1) is 5.69 Å². The zero-order valence-electron chi connectivity index (χ0n) is 15.9. The number of anilines is 3. The quantitative estimate of drug-likeness (QED) is 0.527. The van der Waals surface area contributed by atoms with E-state index in [-0.39, 0.29) is 0 Å². The first-order valence-electron chi connectivity index (χ1n) is 9.58. The average molecular weight is 390 g/mol. The molecule has 1 fully saturated rings. The Morgan fingerprint density at radius 1 is 1.00 bits per heavy atom. The van der Waals surface area contributed by atoms with Crippen molar-refractivity contribution in [2.24, 2.45) is 0 Å².